The average molecular weight is 499 g/mol. The monoisotopic (exact) mass is 499 g/mol. The lowest BCUT2D eigenvalue weighted by molar-refractivity contribution is -0.284. The van der Waals surface area contributed by atoms with Gasteiger partial charge in [-0.15, -0.1) is 0 Å². The molecule has 1 rings (SSSR count). The summed E-state index contributed by atoms with van der Waals surface area (Å²) in [5.74, 6) is -5.39. The molecule has 0 saturated carbocycles. The number of nitrogens with zero attached hydrogens (tertiary/aromatic N) is 1. The Morgan fingerprint density at radius 2 is 1.65 bits per heavy atom. The van der Waals surface area contributed by atoms with Crippen molar-refractivity contribution in [2.45, 2.75) is 57.7 Å². The number of ether oxygens (including phenoxy) is 3. The average Bonchev–Trinajstić information content (AvgIpc) is 2.75. The summed E-state index contributed by atoms with van der Waals surface area (Å²) in [4.78, 5) is 24.4. The zero-order valence-corrected chi connectivity index (χ0v) is 19.1. The normalized spacial score (nSPS) is 12.8. The second-order valence-corrected chi connectivity index (χ2v) is 7.32. The van der Waals surface area contributed by atoms with Gasteiger partial charge >= 0.3 is 24.2 Å². The summed E-state index contributed by atoms with van der Waals surface area (Å²) in [5.41, 5.74) is 0.719. The third-order valence-corrected chi connectivity index (χ3v) is 4.73. The van der Waals surface area contributed by atoms with Crippen LogP contribution in [0.1, 0.15) is 38.7 Å². The van der Waals surface area contributed by atoms with Crippen molar-refractivity contribution in [3.63, 3.8) is 0 Å². The maximum absolute atomic E-state index is 13.0. The second kappa shape index (κ2) is 13.9. The van der Waals surface area contributed by atoms with Gasteiger partial charge in [0.05, 0.1) is 13.2 Å². The number of hydrogen-bond acceptors (Lipinski definition) is 5. The quantitative estimate of drug-likeness (QED) is 0.272. The van der Waals surface area contributed by atoms with Crippen molar-refractivity contribution in [1.29, 1.82) is 0 Å². The Bertz CT molecular complexity index is 757. The van der Waals surface area contributed by atoms with E-state index in [-0.39, 0.29) is 45.8 Å². The van der Waals surface area contributed by atoms with Gasteiger partial charge in [0.2, 0.25) is 0 Å². The molecule has 0 bridgehead atoms. The molecule has 194 valence electrons. The maximum atomic E-state index is 13.0. The van der Waals surface area contributed by atoms with Gasteiger partial charge in [0, 0.05) is 26.0 Å². The van der Waals surface area contributed by atoms with Gasteiger partial charge < -0.3 is 24.2 Å². The van der Waals surface area contributed by atoms with E-state index < -0.39 is 43.1 Å². The third kappa shape index (κ3) is 10.1. The number of amides is 1. The van der Waals surface area contributed by atoms with Crippen LogP contribution >= 0.6 is 0 Å². The molecule has 0 spiro atoms. The minimum absolute atomic E-state index is 0.0214. The molecule has 0 aliphatic heterocycles. The fourth-order valence-corrected chi connectivity index (χ4v) is 2.93. The lowest BCUT2D eigenvalue weighted by Crippen LogP contribution is -2.37. The van der Waals surface area contributed by atoms with Gasteiger partial charge in [-0.2, -0.15) is 22.0 Å². The minimum atomic E-state index is -5.60. The summed E-state index contributed by atoms with van der Waals surface area (Å²) in [6.07, 6.45) is -8.97. The molecule has 1 atom stereocenters. The van der Waals surface area contributed by atoms with Gasteiger partial charge in [-0.1, -0.05) is 12.1 Å². The first kappa shape index (κ1) is 29.4. The van der Waals surface area contributed by atoms with Crippen molar-refractivity contribution in [3.8, 4) is 5.75 Å². The standard InChI is InChI=1S/C22H30F5NO6/c1-3-32-18(19(29)30)15-16-7-9-17(10-8-16)34-14-13-28(20(31)33-4-2)12-6-5-11-21(23,24)22(25,26)27/h7-10,18H,3-6,11-15H2,1-2H3,(H,29,30). The van der Waals surface area contributed by atoms with Crippen molar-refractivity contribution in [3.05, 3.63) is 29.8 Å². The van der Waals surface area contributed by atoms with Crippen LogP contribution in [0.2, 0.25) is 0 Å². The predicted octanol–water partition coefficient (Wildman–Crippen LogP) is 4.92. The highest BCUT2D eigenvalue weighted by molar-refractivity contribution is 5.72. The van der Waals surface area contributed by atoms with Crippen molar-refractivity contribution >= 4 is 12.1 Å². The van der Waals surface area contributed by atoms with E-state index in [1.165, 1.54) is 4.90 Å². The zero-order chi connectivity index (χ0) is 25.8. The highest BCUT2D eigenvalue weighted by Gasteiger charge is 2.56. The van der Waals surface area contributed by atoms with Gasteiger partial charge in [-0.3, -0.25) is 0 Å². The van der Waals surface area contributed by atoms with E-state index in [1.54, 1.807) is 38.1 Å². The van der Waals surface area contributed by atoms with Crippen molar-refractivity contribution in [2.24, 2.45) is 0 Å². The predicted molar refractivity (Wildman–Crippen MR) is 112 cm³/mol. The van der Waals surface area contributed by atoms with Gasteiger partial charge in [-0.25, -0.2) is 9.59 Å². The van der Waals surface area contributed by atoms with Crippen LogP contribution in [0.4, 0.5) is 26.7 Å². The number of carbonyl (C=O) groups excluding carboxylic acids is 1. The molecule has 7 nitrogen and oxygen atoms in total. The van der Waals surface area contributed by atoms with Crippen molar-refractivity contribution in [1.82, 2.24) is 4.90 Å². The van der Waals surface area contributed by atoms with Crippen molar-refractivity contribution in [2.75, 3.05) is 32.9 Å². The molecule has 1 aromatic rings. The number of carbonyl (C=O) groups is 2. The summed E-state index contributed by atoms with van der Waals surface area (Å²) in [7, 11) is 0. The van der Waals surface area contributed by atoms with Crippen LogP contribution in [-0.4, -0.2) is 73.2 Å². The van der Waals surface area contributed by atoms with E-state index >= 15 is 0 Å². The third-order valence-electron chi connectivity index (χ3n) is 4.73. The fraction of sp³-hybridized carbons (Fsp3) is 0.636. The second-order valence-electron chi connectivity index (χ2n) is 7.32. The zero-order valence-electron chi connectivity index (χ0n) is 19.1. The Morgan fingerprint density at radius 3 is 2.18 bits per heavy atom. The number of carboxylic acid groups (broad SMARTS) is 1. The molecule has 0 fully saturated rings. The Balaban J connectivity index is 2.56. The summed E-state index contributed by atoms with van der Waals surface area (Å²) >= 11 is 0. The van der Waals surface area contributed by atoms with E-state index in [0.29, 0.717) is 5.75 Å². The summed E-state index contributed by atoms with van der Waals surface area (Å²) in [6, 6.07) is 6.59. The summed E-state index contributed by atoms with van der Waals surface area (Å²) in [6.45, 7) is 3.60. The molecule has 12 heteroatoms. The topological polar surface area (TPSA) is 85.3 Å². The molecule has 1 unspecified atom stereocenters. The number of alkyl halides is 5. The highest BCUT2D eigenvalue weighted by atomic mass is 19.4. The van der Waals surface area contributed by atoms with Crippen LogP contribution in [0.3, 0.4) is 0 Å². The number of benzene rings is 1. The van der Waals surface area contributed by atoms with E-state index in [2.05, 4.69) is 0 Å². The van der Waals surface area contributed by atoms with E-state index in [4.69, 9.17) is 19.3 Å². The largest absolute Gasteiger partial charge is 0.492 e. The molecule has 1 N–H and O–H groups in total. The van der Waals surface area contributed by atoms with Gasteiger partial charge in [0.25, 0.3) is 0 Å². The first-order valence-corrected chi connectivity index (χ1v) is 10.8. The van der Waals surface area contributed by atoms with Crippen LogP contribution in [0.25, 0.3) is 0 Å². The number of rotatable bonds is 15. The van der Waals surface area contributed by atoms with Crippen LogP contribution in [0.15, 0.2) is 24.3 Å². The van der Waals surface area contributed by atoms with Gasteiger partial charge in [0.15, 0.2) is 6.10 Å². The Labute approximate surface area is 194 Å². The summed E-state index contributed by atoms with van der Waals surface area (Å²) < 4.78 is 78.4. The van der Waals surface area contributed by atoms with Crippen LogP contribution in [-0.2, 0) is 20.7 Å². The molecule has 1 aromatic carbocycles. The lowest BCUT2D eigenvalue weighted by Gasteiger charge is -2.23. The highest BCUT2D eigenvalue weighted by Crippen LogP contribution is 2.39. The molecule has 0 heterocycles. The molecule has 0 aliphatic carbocycles. The number of carboxylic acids is 1. The number of aliphatic carboxylic acids is 1. The Morgan fingerprint density at radius 1 is 1.00 bits per heavy atom. The lowest BCUT2D eigenvalue weighted by atomic mass is 10.1. The van der Waals surface area contributed by atoms with Gasteiger partial charge in [0.1, 0.15) is 12.4 Å². The van der Waals surface area contributed by atoms with E-state index in [1.807, 2.05) is 0 Å². The molecular formula is C22H30F5NO6. The maximum Gasteiger partial charge on any atom is 0.453 e. The fourth-order valence-electron chi connectivity index (χ4n) is 2.93. The molecule has 34 heavy (non-hydrogen) atoms. The molecule has 0 radical (unpaired) electrons. The molecule has 0 aromatic heterocycles. The Kier molecular flexibility index (Phi) is 12.0. The number of hydrogen-bond donors (Lipinski definition) is 1. The molecule has 0 saturated heterocycles. The van der Waals surface area contributed by atoms with Crippen LogP contribution in [0, 0.1) is 0 Å². The first-order chi connectivity index (χ1) is 15.9. The van der Waals surface area contributed by atoms with E-state index in [9.17, 15) is 31.5 Å². The summed E-state index contributed by atoms with van der Waals surface area (Å²) in [5, 5.41) is 9.14. The smallest absolute Gasteiger partial charge is 0.453 e. The first-order valence-electron chi connectivity index (χ1n) is 10.8. The number of unbranched alkanes of at least 4 members (excludes halogenated alkanes) is 1. The molecule has 0 aliphatic rings. The minimum Gasteiger partial charge on any atom is -0.492 e. The van der Waals surface area contributed by atoms with Gasteiger partial charge in [-0.05, 0) is 44.4 Å². The Hall–Kier alpha value is -2.63. The number of halogens is 5. The molecule has 1 amide bonds. The SMILES string of the molecule is CCOC(=O)N(CCCCC(F)(F)C(F)(F)F)CCOc1ccc(CC(OCC)C(=O)O)cc1. The van der Waals surface area contributed by atoms with Crippen LogP contribution < -0.4 is 4.74 Å². The van der Waals surface area contributed by atoms with E-state index in [0.717, 1.165) is 5.56 Å². The molecular weight excluding hydrogens is 469 g/mol. The van der Waals surface area contributed by atoms with Crippen LogP contribution in [0.5, 0.6) is 5.75 Å². The van der Waals surface area contributed by atoms with Crippen molar-refractivity contribution < 1.29 is 50.9 Å².